The second-order valence-corrected chi connectivity index (χ2v) is 4.49. The van der Waals surface area contributed by atoms with Crippen molar-refractivity contribution in [1.29, 1.82) is 0 Å². The molecule has 0 saturated heterocycles. The number of aryl methyl sites for hydroxylation is 2. The predicted octanol–water partition coefficient (Wildman–Crippen LogP) is 0.401. The van der Waals surface area contributed by atoms with Gasteiger partial charge in [0.25, 0.3) is 0 Å². The minimum atomic E-state index is -0.156. The van der Waals surface area contributed by atoms with Crippen molar-refractivity contribution in [2.24, 2.45) is 5.84 Å². The molecular weight excluding hydrogens is 238 g/mol. The average Bonchev–Trinajstić information content (AvgIpc) is 2.92. The zero-order chi connectivity index (χ0) is 12.3. The lowest BCUT2D eigenvalue weighted by atomic mass is 10.1. The van der Waals surface area contributed by atoms with E-state index in [1.54, 1.807) is 6.20 Å². The second kappa shape index (κ2) is 5.30. The number of nitrogens with zero attached hydrogens (tertiary/aromatic N) is 5. The Balaban J connectivity index is 2.35. The summed E-state index contributed by atoms with van der Waals surface area (Å²) < 4.78 is 5.77. The van der Waals surface area contributed by atoms with E-state index >= 15 is 0 Å². The molecule has 2 aromatic heterocycles. The topological polar surface area (TPSA) is 94.5 Å². The highest BCUT2D eigenvalue weighted by molar-refractivity contribution is 7.05. The van der Waals surface area contributed by atoms with Crippen LogP contribution in [0.1, 0.15) is 35.7 Å². The van der Waals surface area contributed by atoms with Gasteiger partial charge in [-0.05, 0) is 24.9 Å². The van der Waals surface area contributed by atoms with Gasteiger partial charge in [-0.25, -0.2) is 10.1 Å². The maximum Gasteiger partial charge on any atom is 0.102 e. The van der Waals surface area contributed by atoms with Gasteiger partial charge >= 0.3 is 0 Å². The Hall–Kier alpha value is -1.38. The summed E-state index contributed by atoms with van der Waals surface area (Å²) in [5, 5.41) is 12.0. The van der Waals surface area contributed by atoms with Crippen molar-refractivity contribution >= 4 is 11.5 Å². The smallest absolute Gasteiger partial charge is 0.102 e. The molecule has 2 heterocycles. The van der Waals surface area contributed by atoms with Crippen molar-refractivity contribution < 1.29 is 0 Å². The van der Waals surface area contributed by atoms with Crippen molar-refractivity contribution in [3.8, 4) is 0 Å². The molecule has 0 aliphatic rings. The van der Waals surface area contributed by atoms with Crippen LogP contribution in [0.15, 0.2) is 6.20 Å². The van der Waals surface area contributed by atoms with Gasteiger partial charge < -0.3 is 0 Å². The number of rotatable bonds is 5. The molecule has 0 aliphatic carbocycles. The minimum absolute atomic E-state index is 0.156. The fourth-order valence-electron chi connectivity index (χ4n) is 1.67. The van der Waals surface area contributed by atoms with Crippen LogP contribution in [-0.4, -0.2) is 24.6 Å². The molecule has 92 valence electrons. The highest BCUT2D eigenvalue weighted by Crippen LogP contribution is 2.25. The third-order valence-electron chi connectivity index (χ3n) is 2.49. The van der Waals surface area contributed by atoms with Crippen molar-refractivity contribution in [3.63, 3.8) is 0 Å². The lowest BCUT2D eigenvalue weighted by Gasteiger charge is -2.15. The Morgan fingerprint density at radius 1 is 1.59 bits per heavy atom. The van der Waals surface area contributed by atoms with E-state index in [4.69, 9.17) is 5.84 Å². The number of aromatic nitrogens is 5. The number of nitrogens with one attached hydrogen (secondary N) is 1. The average molecular weight is 253 g/mol. The van der Waals surface area contributed by atoms with Gasteiger partial charge in [0, 0.05) is 6.54 Å². The third-order valence-corrected chi connectivity index (χ3v) is 3.39. The van der Waals surface area contributed by atoms with E-state index in [0.717, 1.165) is 29.2 Å². The van der Waals surface area contributed by atoms with E-state index in [1.807, 2.05) is 11.6 Å². The van der Waals surface area contributed by atoms with Crippen LogP contribution in [0.5, 0.6) is 0 Å². The minimum Gasteiger partial charge on any atom is -0.270 e. The molecule has 2 aromatic rings. The molecule has 0 bridgehead atoms. The van der Waals surface area contributed by atoms with Gasteiger partial charge in [-0.3, -0.25) is 5.84 Å². The maximum absolute atomic E-state index is 5.62. The first-order valence-corrected chi connectivity index (χ1v) is 6.18. The third kappa shape index (κ3) is 2.33. The van der Waals surface area contributed by atoms with Gasteiger partial charge in [0.05, 0.1) is 22.5 Å². The standard InChI is InChI=1S/C9H15N7S/c1-3-4-16-7(5-11-14-16)8(12-10)9-6(2)13-15-17-9/h5,8,12H,3-4,10H2,1-2H3. The Bertz CT molecular complexity index is 477. The molecule has 0 fully saturated rings. The van der Waals surface area contributed by atoms with Crippen LogP contribution in [0, 0.1) is 6.92 Å². The molecule has 0 aromatic carbocycles. The molecule has 1 unspecified atom stereocenters. The second-order valence-electron chi connectivity index (χ2n) is 3.70. The van der Waals surface area contributed by atoms with Crippen LogP contribution in [0.2, 0.25) is 0 Å². The van der Waals surface area contributed by atoms with Gasteiger partial charge in [-0.1, -0.05) is 16.6 Å². The van der Waals surface area contributed by atoms with E-state index < -0.39 is 0 Å². The Kier molecular flexibility index (Phi) is 3.77. The van der Waals surface area contributed by atoms with Crippen molar-refractivity contribution in [2.45, 2.75) is 32.9 Å². The largest absolute Gasteiger partial charge is 0.270 e. The molecule has 17 heavy (non-hydrogen) atoms. The monoisotopic (exact) mass is 253 g/mol. The summed E-state index contributed by atoms with van der Waals surface area (Å²) in [6.07, 6.45) is 2.72. The van der Waals surface area contributed by atoms with Crippen LogP contribution >= 0.6 is 11.5 Å². The number of hydrazine groups is 1. The summed E-state index contributed by atoms with van der Waals surface area (Å²) in [5.41, 5.74) is 4.59. The summed E-state index contributed by atoms with van der Waals surface area (Å²) >= 11 is 1.33. The van der Waals surface area contributed by atoms with Crippen LogP contribution < -0.4 is 11.3 Å². The Morgan fingerprint density at radius 2 is 2.41 bits per heavy atom. The van der Waals surface area contributed by atoms with E-state index in [0.29, 0.717) is 0 Å². The summed E-state index contributed by atoms with van der Waals surface area (Å²) in [6.45, 7) is 4.83. The zero-order valence-electron chi connectivity index (χ0n) is 9.79. The molecule has 3 N–H and O–H groups in total. The predicted molar refractivity (Wildman–Crippen MR) is 64.1 cm³/mol. The lowest BCUT2D eigenvalue weighted by Crippen LogP contribution is -2.30. The van der Waals surface area contributed by atoms with Crippen LogP contribution in [-0.2, 0) is 6.54 Å². The Labute approximate surface area is 103 Å². The van der Waals surface area contributed by atoms with Crippen LogP contribution in [0.4, 0.5) is 0 Å². The molecule has 7 nitrogen and oxygen atoms in total. The molecule has 0 radical (unpaired) electrons. The van der Waals surface area contributed by atoms with Crippen LogP contribution in [0.3, 0.4) is 0 Å². The van der Waals surface area contributed by atoms with Crippen molar-refractivity contribution in [3.05, 3.63) is 22.5 Å². The molecule has 2 rings (SSSR count). The molecular formula is C9H15N7S. The van der Waals surface area contributed by atoms with E-state index in [2.05, 4.69) is 32.2 Å². The number of hydrogen-bond acceptors (Lipinski definition) is 7. The van der Waals surface area contributed by atoms with Gasteiger partial charge in [-0.2, -0.15) is 0 Å². The highest BCUT2D eigenvalue weighted by atomic mass is 32.1. The molecule has 8 heteroatoms. The quantitative estimate of drug-likeness (QED) is 0.591. The van der Waals surface area contributed by atoms with Gasteiger partial charge in [0.2, 0.25) is 0 Å². The summed E-state index contributed by atoms with van der Waals surface area (Å²) in [6, 6.07) is -0.156. The number of hydrogen-bond donors (Lipinski definition) is 2. The van der Waals surface area contributed by atoms with Gasteiger partial charge in [0.1, 0.15) is 6.04 Å². The van der Waals surface area contributed by atoms with Crippen LogP contribution in [0.25, 0.3) is 0 Å². The van der Waals surface area contributed by atoms with Crippen molar-refractivity contribution in [2.75, 3.05) is 0 Å². The summed E-state index contributed by atoms with van der Waals surface area (Å²) in [4.78, 5) is 0.993. The molecule has 0 spiro atoms. The molecule has 1 atom stereocenters. The summed E-state index contributed by atoms with van der Waals surface area (Å²) in [5.74, 6) is 5.62. The SMILES string of the molecule is CCCn1nncc1C(NN)c1snnc1C. The van der Waals surface area contributed by atoms with E-state index in [1.165, 1.54) is 11.5 Å². The lowest BCUT2D eigenvalue weighted by molar-refractivity contribution is 0.514. The first kappa shape index (κ1) is 12.1. The highest BCUT2D eigenvalue weighted by Gasteiger charge is 2.22. The van der Waals surface area contributed by atoms with E-state index in [-0.39, 0.29) is 6.04 Å². The molecule has 0 saturated carbocycles. The van der Waals surface area contributed by atoms with Gasteiger partial charge in [-0.15, -0.1) is 10.2 Å². The summed E-state index contributed by atoms with van der Waals surface area (Å²) in [7, 11) is 0. The maximum atomic E-state index is 5.62. The fraction of sp³-hybridized carbons (Fsp3) is 0.556. The zero-order valence-corrected chi connectivity index (χ0v) is 10.6. The normalized spacial score (nSPS) is 12.9. The van der Waals surface area contributed by atoms with Gasteiger partial charge in [0.15, 0.2) is 0 Å². The fourth-order valence-corrected chi connectivity index (χ4v) is 2.39. The number of nitrogens with two attached hydrogens (primary N) is 1. The first-order valence-electron chi connectivity index (χ1n) is 5.41. The molecule has 0 aliphatic heterocycles. The van der Waals surface area contributed by atoms with E-state index in [9.17, 15) is 0 Å². The molecule has 0 amide bonds. The first-order chi connectivity index (χ1) is 8.27. The van der Waals surface area contributed by atoms with Crippen molar-refractivity contribution in [1.82, 2.24) is 30.0 Å². The Morgan fingerprint density at radius 3 is 3.00 bits per heavy atom.